The smallest absolute Gasteiger partial charge is 0.327 e. The van der Waals surface area contributed by atoms with Gasteiger partial charge in [-0.25, -0.2) is 4.79 Å². The third-order valence-electron chi connectivity index (χ3n) is 0.774. The molecule has 0 unspecified atom stereocenters. The van der Waals surface area contributed by atoms with E-state index in [2.05, 4.69) is 17.9 Å². The number of hydrogen-bond acceptors (Lipinski definition) is 3. The standard InChI is InChI=1S/C4H4O2.C3H4O2/c1-3-2-4(5)6-3;1-2-3(4)5/h1-2H2;2H,1H2,(H,4,5). The molecule has 4 nitrogen and oxygen atoms in total. The van der Waals surface area contributed by atoms with E-state index >= 15 is 0 Å². The highest BCUT2D eigenvalue weighted by molar-refractivity contribution is 5.79. The minimum atomic E-state index is -0.981. The first-order chi connectivity index (χ1) is 5.06. The van der Waals surface area contributed by atoms with Crippen LogP contribution in [0.15, 0.2) is 25.0 Å². The maximum absolute atomic E-state index is 9.83. The molecule has 0 aromatic carbocycles. The Morgan fingerprint density at radius 3 is 2.09 bits per heavy atom. The average molecular weight is 156 g/mol. The molecular weight excluding hydrogens is 148 g/mol. The van der Waals surface area contributed by atoms with Gasteiger partial charge in [0, 0.05) is 6.08 Å². The maximum atomic E-state index is 9.83. The van der Waals surface area contributed by atoms with E-state index in [9.17, 15) is 9.59 Å². The summed E-state index contributed by atoms with van der Waals surface area (Å²) in [6.07, 6.45) is 1.25. The minimum Gasteiger partial charge on any atom is -0.478 e. The van der Waals surface area contributed by atoms with Gasteiger partial charge < -0.3 is 9.84 Å². The fourth-order valence-corrected chi connectivity index (χ4v) is 0.314. The summed E-state index contributed by atoms with van der Waals surface area (Å²) in [5.41, 5.74) is 0. The largest absolute Gasteiger partial charge is 0.478 e. The van der Waals surface area contributed by atoms with E-state index in [1.807, 2.05) is 0 Å². The van der Waals surface area contributed by atoms with Crippen LogP contribution in [0, 0.1) is 0 Å². The molecule has 0 aromatic heterocycles. The summed E-state index contributed by atoms with van der Waals surface area (Å²) < 4.78 is 4.31. The number of carbonyl (C=O) groups is 2. The van der Waals surface area contributed by atoms with Crippen molar-refractivity contribution in [1.29, 1.82) is 0 Å². The highest BCUT2D eigenvalue weighted by atomic mass is 16.6. The van der Waals surface area contributed by atoms with Gasteiger partial charge in [0.05, 0.1) is 0 Å². The molecule has 0 atom stereocenters. The molecule has 0 radical (unpaired) electrons. The molecule has 0 aliphatic carbocycles. The molecule has 1 saturated heterocycles. The SMILES string of the molecule is C=C1CC(=O)O1.C=CC(=O)O. The number of cyclic esters (lactones) is 1. The Morgan fingerprint density at radius 1 is 1.73 bits per heavy atom. The number of hydrogen-bond donors (Lipinski definition) is 1. The molecule has 1 rings (SSSR count). The highest BCUT2D eigenvalue weighted by Crippen LogP contribution is 2.13. The number of esters is 1. The van der Waals surface area contributed by atoms with Crippen molar-refractivity contribution < 1.29 is 19.4 Å². The predicted octanol–water partition coefficient (Wildman–Crippen LogP) is 0.704. The fraction of sp³-hybridized carbons (Fsp3) is 0.143. The van der Waals surface area contributed by atoms with Crippen LogP contribution in [0.25, 0.3) is 0 Å². The molecule has 0 amide bonds. The second kappa shape index (κ2) is 4.27. The summed E-state index contributed by atoms with van der Waals surface area (Å²) in [5, 5.41) is 7.60. The second-order valence-electron chi connectivity index (χ2n) is 1.73. The van der Waals surface area contributed by atoms with Gasteiger partial charge in [0.1, 0.15) is 12.2 Å². The lowest BCUT2D eigenvalue weighted by Crippen LogP contribution is -2.15. The van der Waals surface area contributed by atoms with Crippen LogP contribution in [0.5, 0.6) is 0 Å². The molecule has 4 heteroatoms. The Labute approximate surface area is 63.8 Å². The Bertz CT molecular complexity index is 182. The zero-order valence-electron chi connectivity index (χ0n) is 5.87. The third kappa shape index (κ3) is 4.90. The maximum Gasteiger partial charge on any atom is 0.327 e. The molecule has 0 aromatic rings. The van der Waals surface area contributed by atoms with Crippen LogP contribution in [0.1, 0.15) is 6.42 Å². The van der Waals surface area contributed by atoms with Gasteiger partial charge in [0.2, 0.25) is 0 Å². The molecule has 1 N–H and O–H groups in total. The first-order valence-corrected chi connectivity index (χ1v) is 2.80. The number of aliphatic carboxylic acids is 1. The summed E-state index contributed by atoms with van der Waals surface area (Å²) in [5.74, 6) is -0.565. The van der Waals surface area contributed by atoms with E-state index in [1.165, 1.54) is 0 Å². The van der Waals surface area contributed by atoms with Crippen LogP contribution in [0.3, 0.4) is 0 Å². The van der Waals surface area contributed by atoms with Gasteiger partial charge in [0.15, 0.2) is 0 Å². The summed E-state index contributed by atoms with van der Waals surface area (Å²) >= 11 is 0. The van der Waals surface area contributed by atoms with Crippen molar-refractivity contribution >= 4 is 11.9 Å². The van der Waals surface area contributed by atoms with Crippen LogP contribution in [-0.2, 0) is 14.3 Å². The first kappa shape index (κ1) is 9.42. The van der Waals surface area contributed by atoms with Crippen molar-refractivity contribution in [2.24, 2.45) is 0 Å². The van der Waals surface area contributed by atoms with E-state index in [4.69, 9.17) is 5.11 Å². The van der Waals surface area contributed by atoms with Gasteiger partial charge in [0.25, 0.3) is 0 Å². The second-order valence-corrected chi connectivity index (χ2v) is 1.73. The van der Waals surface area contributed by atoms with Gasteiger partial charge >= 0.3 is 11.9 Å². The summed E-state index contributed by atoms with van der Waals surface area (Å²) in [6, 6.07) is 0. The molecule has 0 bridgehead atoms. The Balaban J connectivity index is 0.000000187. The molecule has 60 valence electrons. The summed E-state index contributed by atoms with van der Waals surface area (Å²) in [6.45, 7) is 6.33. The van der Waals surface area contributed by atoms with Crippen LogP contribution < -0.4 is 0 Å². The van der Waals surface area contributed by atoms with Crippen LogP contribution in [0.4, 0.5) is 0 Å². The Kier molecular flexibility index (Phi) is 3.66. The highest BCUT2D eigenvalue weighted by Gasteiger charge is 2.17. The average Bonchev–Trinajstić information content (AvgIpc) is 1.87. The molecule has 1 aliphatic rings. The number of ether oxygens (including phenoxy) is 1. The van der Waals surface area contributed by atoms with E-state index in [-0.39, 0.29) is 5.97 Å². The van der Waals surface area contributed by atoms with Gasteiger partial charge in [-0.3, -0.25) is 4.79 Å². The van der Waals surface area contributed by atoms with E-state index in [0.29, 0.717) is 12.2 Å². The van der Waals surface area contributed by atoms with Crippen LogP contribution in [0.2, 0.25) is 0 Å². The molecule has 1 heterocycles. The minimum absolute atomic E-state index is 0.167. The summed E-state index contributed by atoms with van der Waals surface area (Å²) in [4.78, 5) is 19.1. The Morgan fingerprint density at radius 2 is 2.09 bits per heavy atom. The quantitative estimate of drug-likeness (QED) is 0.448. The van der Waals surface area contributed by atoms with Crippen molar-refractivity contribution in [2.75, 3.05) is 0 Å². The molecule has 0 spiro atoms. The van der Waals surface area contributed by atoms with Gasteiger partial charge in [-0.05, 0) is 0 Å². The molecule has 1 aliphatic heterocycles. The van der Waals surface area contributed by atoms with Crippen molar-refractivity contribution in [3.63, 3.8) is 0 Å². The van der Waals surface area contributed by atoms with Crippen molar-refractivity contribution in [1.82, 2.24) is 0 Å². The van der Waals surface area contributed by atoms with Crippen LogP contribution in [-0.4, -0.2) is 17.0 Å². The lowest BCUT2D eigenvalue weighted by Gasteiger charge is -2.12. The monoisotopic (exact) mass is 156 g/mol. The van der Waals surface area contributed by atoms with Crippen molar-refractivity contribution in [2.45, 2.75) is 6.42 Å². The molecule has 1 fully saturated rings. The zero-order chi connectivity index (χ0) is 8.85. The summed E-state index contributed by atoms with van der Waals surface area (Å²) in [7, 11) is 0. The van der Waals surface area contributed by atoms with Gasteiger partial charge in [-0.1, -0.05) is 13.2 Å². The molecule has 0 saturated carbocycles. The first-order valence-electron chi connectivity index (χ1n) is 2.80. The Hall–Kier alpha value is -1.58. The van der Waals surface area contributed by atoms with Crippen molar-refractivity contribution in [3.05, 3.63) is 25.0 Å². The van der Waals surface area contributed by atoms with Gasteiger partial charge in [-0.2, -0.15) is 0 Å². The molecular formula is C7H8O4. The number of carboxylic acid groups (broad SMARTS) is 1. The van der Waals surface area contributed by atoms with Crippen LogP contribution >= 0.6 is 0 Å². The van der Waals surface area contributed by atoms with Gasteiger partial charge in [-0.15, -0.1) is 0 Å². The van der Waals surface area contributed by atoms with E-state index in [0.717, 1.165) is 6.08 Å². The van der Waals surface area contributed by atoms with E-state index in [1.54, 1.807) is 0 Å². The number of rotatable bonds is 1. The van der Waals surface area contributed by atoms with E-state index < -0.39 is 5.97 Å². The number of carbonyl (C=O) groups excluding carboxylic acids is 1. The zero-order valence-corrected chi connectivity index (χ0v) is 5.87. The lowest BCUT2D eigenvalue weighted by atomic mass is 10.3. The predicted molar refractivity (Wildman–Crippen MR) is 37.7 cm³/mol. The normalized spacial score (nSPS) is 13.5. The lowest BCUT2D eigenvalue weighted by molar-refractivity contribution is -0.148. The topological polar surface area (TPSA) is 63.6 Å². The molecule has 11 heavy (non-hydrogen) atoms. The van der Waals surface area contributed by atoms with Crippen molar-refractivity contribution in [3.8, 4) is 0 Å². The third-order valence-corrected chi connectivity index (χ3v) is 0.774. The number of carboxylic acids is 1. The fourth-order valence-electron chi connectivity index (χ4n) is 0.314.